The predicted molar refractivity (Wildman–Crippen MR) is 92.1 cm³/mol. The van der Waals surface area contributed by atoms with Gasteiger partial charge in [0.2, 0.25) is 0 Å². The number of hydrogen-bond acceptors (Lipinski definition) is 3. The number of benzene rings is 1. The summed E-state index contributed by atoms with van der Waals surface area (Å²) in [4.78, 5) is 7.02. The molecule has 3 rings (SSSR count). The number of piperidine rings is 1. The Morgan fingerprint density at radius 2 is 2.04 bits per heavy atom. The van der Waals surface area contributed by atoms with Gasteiger partial charge in [0.1, 0.15) is 5.82 Å². The van der Waals surface area contributed by atoms with Crippen LogP contribution in [0.15, 0.2) is 42.7 Å². The van der Waals surface area contributed by atoms with Crippen molar-refractivity contribution in [3.63, 3.8) is 0 Å². The third-order valence-electron chi connectivity index (χ3n) is 5.19. The highest BCUT2D eigenvalue weighted by molar-refractivity contribution is 5.15. The van der Waals surface area contributed by atoms with Crippen molar-refractivity contribution in [2.45, 2.75) is 39.3 Å². The van der Waals surface area contributed by atoms with E-state index in [2.05, 4.69) is 51.8 Å². The van der Waals surface area contributed by atoms with Crippen molar-refractivity contribution in [1.29, 1.82) is 0 Å². The lowest BCUT2D eigenvalue weighted by Gasteiger charge is -2.41. The molecule has 1 fully saturated rings. The molecule has 1 aliphatic heterocycles. The Labute approximate surface area is 138 Å². The van der Waals surface area contributed by atoms with E-state index in [1.807, 2.05) is 12.3 Å². The molecule has 23 heavy (non-hydrogen) atoms. The molecular weight excluding hydrogens is 286 g/mol. The van der Waals surface area contributed by atoms with Gasteiger partial charge in [0.05, 0.1) is 6.54 Å². The molecule has 0 unspecified atom stereocenters. The van der Waals surface area contributed by atoms with Crippen LogP contribution in [0.25, 0.3) is 0 Å². The highest BCUT2D eigenvalue weighted by Gasteiger charge is 2.33. The lowest BCUT2D eigenvalue weighted by Crippen LogP contribution is -2.44. The van der Waals surface area contributed by atoms with Crippen LogP contribution in [0.4, 0.5) is 0 Å². The van der Waals surface area contributed by atoms with Gasteiger partial charge in [-0.05, 0) is 31.4 Å². The van der Waals surface area contributed by atoms with Crippen molar-refractivity contribution in [3.05, 3.63) is 54.1 Å². The number of nitrogens with zero attached hydrogens (tertiary/aromatic N) is 3. The Balaban J connectivity index is 1.68. The molecule has 4 heteroatoms. The fourth-order valence-corrected chi connectivity index (χ4v) is 3.59. The monoisotopic (exact) mass is 313 g/mol. The van der Waals surface area contributed by atoms with Crippen LogP contribution < -0.4 is 0 Å². The lowest BCUT2D eigenvalue weighted by molar-refractivity contribution is 0.0244. The van der Waals surface area contributed by atoms with Crippen LogP contribution in [-0.4, -0.2) is 39.3 Å². The van der Waals surface area contributed by atoms with Gasteiger partial charge in [0.15, 0.2) is 0 Å². The van der Waals surface area contributed by atoms with Gasteiger partial charge in [0, 0.05) is 37.5 Å². The third kappa shape index (κ3) is 3.82. The van der Waals surface area contributed by atoms with Crippen LogP contribution >= 0.6 is 0 Å². The Bertz CT molecular complexity index is 604. The summed E-state index contributed by atoms with van der Waals surface area (Å²) in [5.74, 6) is 1.11. The van der Waals surface area contributed by atoms with Crippen LogP contribution in [0.1, 0.15) is 37.6 Å². The van der Waals surface area contributed by atoms with Crippen LogP contribution in [0.5, 0.6) is 0 Å². The van der Waals surface area contributed by atoms with Crippen molar-refractivity contribution in [1.82, 2.24) is 14.5 Å². The summed E-state index contributed by atoms with van der Waals surface area (Å²) in [5, 5.41) is 9.79. The minimum absolute atomic E-state index is 0.0785. The second kappa shape index (κ2) is 7.28. The number of aromatic nitrogens is 2. The lowest BCUT2D eigenvalue weighted by atomic mass is 9.78. The van der Waals surface area contributed by atoms with E-state index in [0.29, 0.717) is 6.61 Å². The normalized spacial score (nSPS) is 22.3. The number of likely N-dealkylation sites (tertiary alicyclic amines) is 1. The van der Waals surface area contributed by atoms with Crippen molar-refractivity contribution in [3.8, 4) is 0 Å². The Hall–Kier alpha value is -1.65. The first kappa shape index (κ1) is 16.2. The van der Waals surface area contributed by atoms with E-state index >= 15 is 0 Å². The standard InChI is InChI=1S/C19H27N3O/c1-2-19(16-23)9-6-11-21(15-19)14-18-20-10-12-22(18)13-17-7-4-3-5-8-17/h3-5,7-8,10,12,23H,2,6,9,11,13-16H2,1H3/t19-/m0/s1. The maximum atomic E-state index is 9.79. The van der Waals surface area contributed by atoms with E-state index in [1.54, 1.807) is 0 Å². The van der Waals surface area contributed by atoms with Gasteiger partial charge in [-0.25, -0.2) is 4.98 Å². The van der Waals surface area contributed by atoms with Gasteiger partial charge in [-0.2, -0.15) is 0 Å². The Morgan fingerprint density at radius 3 is 2.78 bits per heavy atom. The fourth-order valence-electron chi connectivity index (χ4n) is 3.59. The van der Waals surface area contributed by atoms with Gasteiger partial charge in [-0.15, -0.1) is 0 Å². The molecule has 1 N–H and O–H groups in total. The molecular formula is C19H27N3O. The first-order valence-corrected chi connectivity index (χ1v) is 8.62. The molecule has 1 aromatic carbocycles. The van der Waals surface area contributed by atoms with Crippen LogP contribution in [0.2, 0.25) is 0 Å². The van der Waals surface area contributed by atoms with E-state index in [4.69, 9.17) is 0 Å². The molecule has 1 aliphatic rings. The minimum Gasteiger partial charge on any atom is -0.396 e. The zero-order valence-corrected chi connectivity index (χ0v) is 14.0. The van der Waals surface area contributed by atoms with Gasteiger partial charge in [-0.1, -0.05) is 37.3 Å². The summed E-state index contributed by atoms with van der Waals surface area (Å²) in [5.41, 5.74) is 1.37. The summed E-state index contributed by atoms with van der Waals surface area (Å²) in [6.07, 6.45) is 7.29. The van der Waals surface area contributed by atoms with Crippen LogP contribution in [-0.2, 0) is 13.1 Å². The number of hydrogen-bond donors (Lipinski definition) is 1. The molecule has 0 spiro atoms. The van der Waals surface area contributed by atoms with E-state index in [0.717, 1.165) is 51.3 Å². The molecule has 2 heterocycles. The SMILES string of the molecule is CC[C@]1(CO)CCCN(Cc2nccn2Cc2ccccc2)C1. The zero-order chi connectivity index (χ0) is 16.1. The van der Waals surface area contributed by atoms with Crippen molar-refractivity contribution < 1.29 is 5.11 Å². The molecule has 0 bridgehead atoms. The summed E-state index contributed by atoms with van der Waals surface area (Å²) < 4.78 is 2.23. The van der Waals surface area contributed by atoms with Crippen LogP contribution in [0, 0.1) is 5.41 Å². The summed E-state index contributed by atoms with van der Waals surface area (Å²) >= 11 is 0. The minimum atomic E-state index is 0.0785. The molecule has 1 aromatic heterocycles. The van der Waals surface area contributed by atoms with Gasteiger partial charge >= 0.3 is 0 Å². The zero-order valence-electron chi connectivity index (χ0n) is 14.0. The van der Waals surface area contributed by atoms with Gasteiger partial charge in [-0.3, -0.25) is 4.90 Å². The predicted octanol–water partition coefficient (Wildman–Crippen LogP) is 2.92. The molecule has 0 amide bonds. The van der Waals surface area contributed by atoms with Crippen LogP contribution in [0.3, 0.4) is 0 Å². The van der Waals surface area contributed by atoms with Gasteiger partial charge in [0.25, 0.3) is 0 Å². The van der Waals surface area contributed by atoms with E-state index in [-0.39, 0.29) is 5.41 Å². The molecule has 0 saturated carbocycles. The van der Waals surface area contributed by atoms with Crippen molar-refractivity contribution in [2.75, 3.05) is 19.7 Å². The summed E-state index contributed by atoms with van der Waals surface area (Å²) in [7, 11) is 0. The largest absolute Gasteiger partial charge is 0.396 e. The second-order valence-electron chi connectivity index (χ2n) is 6.78. The molecule has 4 nitrogen and oxygen atoms in total. The molecule has 124 valence electrons. The summed E-state index contributed by atoms with van der Waals surface area (Å²) in [6, 6.07) is 10.5. The average Bonchev–Trinajstić information content (AvgIpc) is 3.02. The smallest absolute Gasteiger partial charge is 0.123 e. The van der Waals surface area contributed by atoms with Gasteiger partial charge < -0.3 is 9.67 Å². The highest BCUT2D eigenvalue weighted by Crippen LogP contribution is 2.33. The quantitative estimate of drug-likeness (QED) is 0.891. The van der Waals surface area contributed by atoms with E-state index in [1.165, 1.54) is 5.56 Å². The molecule has 2 aromatic rings. The topological polar surface area (TPSA) is 41.3 Å². The molecule has 0 radical (unpaired) electrons. The van der Waals surface area contributed by atoms with Crippen molar-refractivity contribution in [2.24, 2.45) is 5.41 Å². The molecule has 0 aliphatic carbocycles. The maximum Gasteiger partial charge on any atom is 0.123 e. The molecule has 1 saturated heterocycles. The number of imidazole rings is 1. The molecule has 1 atom stereocenters. The van der Waals surface area contributed by atoms with E-state index < -0.39 is 0 Å². The maximum absolute atomic E-state index is 9.79. The van der Waals surface area contributed by atoms with Crippen molar-refractivity contribution >= 4 is 0 Å². The fraction of sp³-hybridized carbons (Fsp3) is 0.526. The van der Waals surface area contributed by atoms with E-state index in [9.17, 15) is 5.11 Å². The number of rotatable bonds is 6. The first-order chi connectivity index (χ1) is 11.2. The summed E-state index contributed by atoms with van der Waals surface area (Å²) in [6.45, 7) is 6.27. The Morgan fingerprint density at radius 1 is 1.22 bits per heavy atom. The average molecular weight is 313 g/mol. The first-order valence-electron chi connectivity index (χ1n) is 8.62. The third-order valence-corrected chi connectivity index (χ3v) is 5.19. The second-order valence-corrected chi connectivity index (χ2v) is 6.78. The highest BCUT2D eigenvalue weighted by atomic mass is 16.3. The number of aliphatic hydroxyl groups is 1. The Kier molecular flexibility index (Phi) is 5.13. The number of aliphatic hydroxyl groups excluding tert-OH is 1.